The van der Waals surface area contributed by atoms with Gasteiger partial charge in [0.05, 0.1) is 13.2 Å². The lowest BCUT2D eigenvalue weighted by atomic mass is 9.82. The van der Waals surface area contributed by atoms with Gasteiger partial charge in [-0.15, -0.1) is 0 Å². The number of rotatable bonds is 16. The summed E-state index contributed by atoms with van der Waals surface area (Å²) in [5.41, 5.74) is -1.15. The summed E-state index contributed by atoms with van der Waals surface area (Å²) in [6, 6.07) is 0. The van der Waals surface area contributed by atoms with E-state index in [-0.39, 0.29) is 0 Å². The quantitative estimate of drug-likeness (QED) is 0.178. The van der Waals surface area contributed by atoms with Crippen LogP contribution in [0.25, 0.3) is 0 Å². The van der Waals surface area contributed by atoms with Crippen LogP contribution in [0, 0.1) is 17.3 Å². The van der Waals surface area contributed by atoms with Crippen molar-refractivity contribution in [2.45, 2.75) is 106 Å². The molecule has 0 N–H and O–H groups in total. The van der Waals surface area contributed by atoms with Crippen molar-refractivity contribution in [3.63, 3.8) is 0 Å². The van der Waals surface area contributed by atoms with Crippen LogP contribution in [0.3, 0.4) is 0 Å². The average Bonchev–Trinajstić information content (AvgIpc) is 2.62. The molecule has 0 aromatic carbocycles. The Balaban J connectivity index is 4.40. The van der Waals surface area contributed by atoms with Crippen LogP contribution in [0.5, 0.6) is 0 Å². The summed E-state index contributed by atoms with van der Waals surface area (Å²) < 4.78 is 10.9. The van der Waals surface area contributed by atoms with Gasteiger partial charge in [-0.2, -0.15) is 0 Å². The lowest BCUT2D eigenvalue weighted by Gasteiger charge is -2.27. The van der Waals surface area contributed by atoms with Crippen molar-refractivity contribution < 1.29 is 19.1 Å². The van der Waals surface area contributed by atoms with Crippen molar-refractivity contribution in [3.05, 3.63) is 0 Å². The molecule has 0 heterocycles. The first-order valence-corrected chi connectivity index (χ1v) is 11.2. The maximum Gasteiger partial charge on any atom is 0.323 e. The van der Waals surface area contributed by atoms with Crippen molar-refractivity contribution in [2.75, 3.05) is 13.2 Å². The van der Waals surface area contributed by atoms with Crippen LogP contribution in [0.2, 0.25) is 0 Å². The highest BCUT2D eigenvalue weighted by molar-refractivity contribution is 5.99. The minimum absolute atomic E-state index is 0.382. The Labute approximate surface area is 167 Å². The molecule has 0 aliphatic heterocycles. The molecular weight excluding hydrogens is 340 g/mol. The molecule has 0 fully saturated rings. The molecule has 0 aromatic rings. The summed E-state index contributed by atoms with van der Waals surface area (Å²) >= 11 is 0. The molecule has 0 aliphatic rings. The Morgan fingerprint density at radius 3 is 1.85 bits per heavy atom. The first-order chi connectivity index (χ1) is 12.8. The van der Waals surface area contributed by atoms with Gasteiger partial charge in [0.15, 0.2) is 5.41 Å². The average molecular weight is 385 g/mol. The third kappa shape index (κ3) is 10.2. The maximum absolute atomic E-state index is 12.7. The topological polar surface area (TPSA) is 52.6 Å². The Kier molecular flexibility index (Phi) is 14.3. The maximum atomic E-state index is 12.7. The first-order valence-electron chi connectivity index (χ1n) is 11.2. The lowest BCUT2D eigenvalue weighted by Crippen LogP contribution is -2.41. The van der Waals surface area contributed by atoms with Gasteiger partial charge in [-0.25, -0.2) is 0 Å². The molecular formula is C23H44O4. The standard InChI is InChI=1S/C23H44O4/c1-7-10-11-12-17-26-21(24)23(8-2,9-3)22(25)27-18-16-20(6)15-13-14-19(4)5/h19-20H,7-18H2,1-6H3. The van der Waals surface area contributed by atoms with Gasteiger partial charge >= 0.3 is 11.9 Å². The van der Waals surface area contributed by atoms with E-state index in [2.05, 4.69) is 27.7 Å². The summed E-state index contributed by atoms with van der Waals surface area (Å²) in [6.07, 6.45) is 9.47. The molecule has 0 bridgehead atoms. The van der Waals surface area contributed by atoms with E-state index in [1.165, 1.54) is 12.8 Å². The van der Waals surface area contributed by atoms with Crippen LogP contribution in [0.15, 0.2) is 0 Å². The molecule has 1 atom stereocenters. The number of carbonyl (C=O) groups excluding carboxylic acids is 2. The van der Waals surface area contributed by atoms with Crippen molar-refractivity contribution >= 4 is 11.9 Å². The van der Waals surface area contributed by atoms with Crippen molar-refractivity contribution in [1.82, 2.24) is 0 Å². The SMILES string of the molecule is CCCCCCOC(=O)C(CC)(CC)C(=O)OCCC(C)CCCC(C)C. The van der Waals surface area contributed by atoms with Gasteiger partial charge < -0.3 is 9.47 Å². The van der Waals surface area contributed by atoms with Gasteiger partial charge in [0.1, 0.15) is 0 Å². The minimum Gasteiger partial charge on any atom is -0.465 e. The third-order valence-electron chi connectivity index (χ3n) is 5.54. The number of carbonyl (C=O) groups is 2. The number of hydrogen-bond donors (Lipinski definition) is 0. The molecule has 0 radical (unpaired) electrons. The molecule has 0 saturated heterocycles. The monoisotopic (exact) mass is 384 g/mol. The van der Waals surface area contributed by atoms with Crippen LogP contribution in [-0.2, 0) is 19.1 Å². The lowest BCUT2D eigenvalue weighted by molar-refractivity contribution is -0.173. The van der Waals surface area contributed by atoms with E-state index in [1.54, 1.807) is 0 Å². The molecule has 160 valence electrons. The van der Waals surface area contributed by atoms with Crippen LogP contribution >= 0.6 is 0 Å². The van der Waals surface area contributed by atoms with E-state index < -0.39 is 17.4 Å². The second-order valence-corrected chi connectivity index (χ2v) is 8.34. The van der Waals surface area contributed by atoms with Gasteiger partial charge in [0, 0.05) is 0 Å². The number of ether oxygens (including phenoxy) is 2. The minimum atomic E-state index is -1.15. The predicted molar refractivity (Wildman–Crippen MR) is 112 cm³/mol. The number of unbranched alkanes of at least 4 members (excludes halogenated alkanes) is 3. The highest BCUT2D eigenvalue weighted by Gasteiger charge is 2.45. The fraction of sp³-hybridized carbons (Fsp3) is 0.913. The fourth-order valence-corrected chi connectivity index (χ4v) is 3.25. The zero-order valence-corrected chi connectivity index (χ0v) is 18.8. The summed E-state index contributed by atoms with van der Waals surface area (Å²) in [7, 11) is 0. The second-order valence-electron chi connectivity index (χ2n) is 8.34. The molecule has 0 aliphatic carbocycles. The Morgan fingerprint density at radius 1 is 0.741 bits per heavy atom. The van der Waals surface area contributed by atoms with Gasteiger partial charge in [0.25, 0.3) is 0 Å². The highest BCUT2D eigenvalue weighted by Crippen LogP contribution is 2.30. The van der Waals surface area contributed by atoms with Gasteiger partial charge in [-0.05, 0) is 37.5 Å². The van der Waals surface area contributed by atoms with Gasteiger partial charge in [-0.1, -0.05) is 80.1 Å². The zero-order chi connectivity index (χ0) is 20.7. The molecule has 0 rings (SSSR count). The number of esters is 2. The van der Waals surface area contributed by atoms with E-state index in [9.17, 15) is 9.59 Å². The second kappa shape index (κ2) is 14.9. The Morgan fingerprint density at radius 2 is 1.33 bits per heavy atom. The smallest absolute Gasteiger partial charge is 0.323 e. The van der Waals surface area contributed by atoms with Crippen LogP contribution < -0.4 is 0 Å². The molecule has 4 nitrogen and oxygen atoms in total. The number of hydrogen-bond acceptors (Lipinski definition) is 4. The van der Waals surface area contributed by atoms with Crippen molar-refractivity contribution in [1.29, 1.82) is 0 Å². The highest BCUT2D eigenvalue weighted by atomic mass is 16.6. The molecule has 1 unspecified atom stereocenters. The fourth-order valence-electron chi connectivity index (χ4n) is 3.25. The van der Waals surface area contributed by atoms with Crippen LogP contribution in [0.4, 0.5) is 0 Å². The molecule has 4 heteroatoms. The molecule has 0 aromatic heterocycles. The molecule has 0 saturated carbocycles. The van der Waals surface area contributed by atoms with E-state index >= 15 is 0 Å². The summed E-state index contributed by atoms with van der Waals surface area (Å²) in [5.74, 6) is 0.428. The molecule has 0 amide bonds. The van der Waals surface area contributed by atoms with E-state index in [1.807, 2.05) is 13.8 Å². The normalized spacial score (nSPS) is 12.9. The Hall–Kier alpha value is -1.06. The molecule has 27 heavy (non-hydrogen) atoms. The first kappa shape index (κ1) is 25.9. The van der Waals surface area contributed by atoms with E-state index in [0.717, 1.165) is 44.4 Å². The van der Waals surface area contributed by atoms with Gasteiger partial charge in [-0.3, -0.25) is 9.59 Å². The summed E-state index contributed by atoms with van der Waals surface area (Å²) in [5, 5.41) is 0. The van der Waals surface area contributed by atoms with E-state index in [0.29, 0.717) is 32.0 Å². The van der Waals surface area contributed by atoms with E-state index in [4.69, 9.17) is 9.47 Å². The van der Waals surface area contributed by atoms with Gasteiger partial charge in [0.2, 0.25) is 0 Å². The predicted octanol–water partition coefficient (Wildman–Crippen LogP) is 6.31. The summed E-state index contributed by atoms with van der Waals surface area (Å²) in [4.78, 5) is 25.2. The third-order valence-corrected chi connectivity index (χ3v) is 5.54. The van der Waals surface area contributed by atoms with Crippen LogP contribution in [-0.4, -0.2) is 25.2 Å². The molecule has 0 spiro atoms. The van der Waals surface area contributed by atoms with Crippen LogP contribution in [0.1, 0.15) is 106 Å². The Bertz CT molecular complexity index is 399. The largest absolute Gasteiger partial charge is 0.465 e. The zero-order valence-electron chi connectivity index (χ0n) is 18.8. The summed E-state index contributed by atoms with van der Waals surface area (Å²) in [6.45, 7) is 13.3. The van der Waals surface area contributed by atoms with Crippen molar-refractivity contribution in [3.8, 4) is 0 Å². The van der Waals surface area contributed by atoms with Crippen molar-refractivity contribution in [2.24, 2.45) is 17.3 Å².